The van der Waals surface area contributed by atoms with E-state index in [9.17, 15) is 5.11 Å². The largest absolute Gasteiger partial charge is 0.493 e. The fourth-order valence-corrected chi connectivity index (χ4v) is 1.99. The molecule has 1 atom stereocenters. The van der Waals surface area contributed by atoms with Gasteiger partial charge in [0.05, 0.1) is 12.2 Å². The number of rotatable bonds is 4. The van der Waals surface area contributed by atoms with Gasteiger partial charge in [0.2, 0.25) is 0 Å². The third-order valence-corrected chi connectivity index (χ3v) is 4.12. The lowest BCUT2D eigenvalue weighted by molar-refractivity contribution is -0.00516. The highest BCUT2D eigenvalue weighted by Gasteiger charge is 2.35. The lowest BCUT2D eigenvalue weighted by atomic mass is 9.85. The second-order valence-electron chi connectivity index (χ2n) is 6.11. The van der Waals surface area contributed by atoms with Crippen molar-refractivity contribution >= 4 is 0 Å². The molecule has 1 aliphatic rings. The van der Waals surface area contributed by atoms with Crippen molar-refractivity contribution in [2.45, 2.75) is 44.8 Å². The number of ether oxygens (including phenoxy) is 1. The fraction of sp³-hybridized carbons (Fsp3) is 0.600. The molecule has 2 rings (SSSR count). The summed E-state index contributed by atoms with van der Waals surface area (Å²) in [7, 11) is 0. The minimum absolute atomic E-state index is 0.329. The Bertz CT molecular complexity index is 421. The molecular weight excluding hydrogens is 226 g/mol. The van der Waals surface area contributed by atoms with Crippen LogP contribution in [0.3, 0.4) is 0 Å². The second kappa shape index (κ2) is 4.56. The molecule has 1 aliphatic heterocycles. The van der Waals surface area contributed by atoms with Crippen molar-refractivity contribution < 1.29 is 9.84 Å². The lowest BCUT2D eigenvalue weighted by Gasteiger charge is -2.39. The van der Waals surface area contributed by atoms with Gasteiger partial charge in [-0.25, -0.2) is 0 Å². The summed E-state index contributed by atoms with van der Waals surface area (Å²) in [6, 6.07) is 8.17. The number of aliphatic hydroxyl groups is 1. The molecule has 1 aromatic carbocycles. The Kier molecular flexibility index (Phi) is 3.39. The molecule has 0 saturated heterocycles. The average Bonchev–Trinajstić information content (AvgIpc) is 2.68. The molecule has 100 valence electrons. The summed E-state index contributed by atoms with van der Waals surface area (Å²) in [4.78, 5) is 0. The van der Waals surface area contributed by atoms with Crippen molar-refractivity contribution in [1.82, 2.24) is 5.32 Å². The van der Waals surface area contributed by atoms with Gasteiger partial charge in [0.15, 0.2) is 0 Å². The summed E-state index contributed by atoms with van der Waals surface area (Å²) in [5.74, 6) is 1.35. The predicted octanol–water partition coefficient (Wildman–Crippen LogP) is 2.30. The van der Waals surface area contributed by atoms with Crippen molar-refractivity contribution in [3.8, 4) is 5.75 Å². The van der Waals surface area contributed by atoms with Crippen molar-refractivity contribution in [2.75, 3.05) is 13.2 Å². The van der Waals surface area contributed by atoms with Gasteiger partial charge in [0, 0.05) is 23.6 Å². The number of hydrogen-bond acceptors (Lipinski definition) is 3. The van der Waals surface area contributed by atoms with Gasteiger partial charge in [-0.05, 0) is 33.8 Å². The van der Waals surface area contributed by atoms with Crippen LogP contribution in [0.4, 0.5) is 0 Å². The van der Waals surface area contributed by atoms with Crippen molar-refractivity contribution in [1.29, 1.82) is 0 Å². The Morgan fingerprint density at radius 3 is 2.61 bits per heavy atom. The van der Waals surface area contributed by atoms with E-state index in [-0.39, 0.29) is 5.54 Å². The van der Waals surface area contributed by atoms with Gasteiger partial charge in [0.1, 0.15) is 5.75 Å². The van der Waals surface area contributed by atoms with Gasteiger partial charge in [-0.1, -0.05) is 18.2 Å². The monoisotopic (exact) mass is 249 g/mol. The van der Waals surface area contributed by atoms with E-state index in [1.165, 1.54) is 5.56 Å². The third kappa shape index (κ3) is 2.52. The SMILES string of the molecule is CC(C)(O)C(C)(C)NCC1COc2ccccc21. The molecule has 0 aromatic heterocycles. The highest BCUT2D eigenvalue weighted by molar-refractivity contribution is 5.39. The normalized spacial score (nSPS) is 19.5. The second-order valence-corrected chi connectivity index (χ2v) is 6.11. The third-order valence-electron chi connectivity index (χ3n) is 4.12. The maximum atomic E-state index is 10.1. The van der Waals surface area contributed by atoms with Crippen LogP contribution in [0.2, 0.25) is 0 Å². The first-order valence-corrected chi connectivity index (χ1v) is 6.50. The molecule has 0 radical (unpaired) electrons. The Hall–Kier alpha value is -1.06. The van der Waals surface area contributed by atoms with Crippen LogP contribution in [0.1, 0.15) is 39.2 Å². The lowest BCUT2D eigenvalue weighted by Crippen LogP contribution is -2.56. The predicted molar refractivity (Wildman–Crippen MR) is 73.1 cm³/mol. The molecule has 2 N–H and O–H groups in total. The van der Waals surface area contributed by atoms with Gasteiger partial charge in [-0.3, -0.25) is 0 Å². The zero-order valence-electron chi connectivity index (χ0n) is 11.7. The maximum absolute atomic E-state index is 10.1. The van der Waals surface area contributed by atoms with Crippen LogP contribution >= 0.6 is 0 Å². The van der Waals surface area contributed by atoms with E-state index in [0.29, 0.717) is 12.5 Å². The molecule has 3 heteroatoms. The van der Waals surface area contributed by atoms with Crippen LogP contribution in [0.25, 0.3) is 0 Å². The Morgan fingerprint density at radius 1 is 1.28 bits per heavy atom. The van der Waals surface area contributed by atoms with Crippen molar-refractivity contribution in [3.63, 3.8) is 0 Å². The molecule has 18 heavy (non-hydrogen) atoms. The first-order valence-electron chi connectivity index (χ1n) is 6.50. The van der Waals surface area contributed by atoms with E-state index in [1.54, 1.807) is 0 Å². The number of nitrogens with one attached hydrogen (secondary N) is 1. The van der Waals surface area contributed by atoms with Gasteiger partial charge in [-0.15, -0.1) is 0 Å². The highest BCUT2D eigenvalue weighted by Crippen LogP contribution is 2.33. The Balaban J connectivity index is 2.01. The van der Waals surface area contributed by atoms with E-state index in [1.807, 2.05) is 45.9 Å². The van der Waals surface area contributed by atoms with Gasteiger partial charge in [-0.2, -0.15) is 0 Å². The molecular formula is C15H23NO2. The van der Waals surface area contributed by atoms with E-state index in [0.717, 1.165) is 12.3 Å². The first kappa shape index (κ1) is 13.4. The molecule has 1 heterocycles. The number of benzene rings is 1. The van der Waals surface area contributed by atoms with Crippen LogP contribution in [0.5, 0.6) is 5.75 Å². The molecule has 0 fully saturated rings. The minimum Gasteiger partial charge on any atom is -0.493 e. The van der Waals surface area contributed by atoms with Gasteiger partial charge >= 0.3 is 0 Å². The first-order chi connectivity index (χ1) is 8.31. The van der Waals surface area contributed by atoms with Crippen LogP contribution < -0.4 is 10.1 Å². The minimum atomic E-state index is -0.758. The summed E-state index contributed by atoms with van der Waals surface area (Å²) in [6.45, 7) is 9.24. The van der Waals surface area contributed by atoms with Crippen molar-refractivity contribution in [3.05, 3.63) is 29.8 Å². The summed E-state index contributed by atoms with van der Waals surface area (Å²) >= 11 is 0. The van der Waals surface area contributed by atoms with Gasteiger partial charge in [0.25, 0.3) is 0 Å². The smallest absolute Gasteiger partial charge is 0.122 e. The highest BCUT2D eigenvalue weighted by atomic mass is 16.5. The van der Waals surface area contributed by atoms with Crippen molar-refractivity contribution in [2.24, 2.45) is 0 Å². The van der Waals surface area contributed by atoms with E-state index >= 15 is 0 Å². The molecule has 0 saturated carbocycles. The average molecular weight is 249 g/mol. The van der Waals surface area contributed by atoms with Gasteiger partial charge < -0.3 is 15.2 Å². The summed E-state index contributed by atoms with van der Waals surface area (Å²) in [6.07, 6.45) is 0. The Morgan fingerprint density at radius 2 is 1.94 bits per heavy atom. The zero-order chi connectivity index (χ0) is 13.4. The van der Waals surface area contributed by atoms with E-state index in [2.05, 4.69) is 11.4 Å². The molecule has 0 bridgehead atoms. The number of hydrogen-bond donors (Lipinski definition) is 2. The van der Waals surface area contributed by atoms with Crippen LogP contribution in [-0.2, 0) is 0 Å². The molecule has 1 unspecified atom stereocenters. The quantitative estimate of drug-likeness (QED) is 0.860. The van der Waals surface area contributed by atoms with Crippen LogP contribution in [0.15, 0.2) is 24.3 Å². The molecule has 3 nitrogen and oxygen atoms in total. The van der Waals surface area contributed by atoms with Crippen LogP contribution in [0, 0.1) is 0 Å². The summed E-state index contributed by atoms with van der Waals surface area (Å²) in [5, 5.41) is 13.6. The molecule has 0 spiro atoms. The van der Waals surface area contributed by atoms with E-state index in [4.69, 9.17) is 4.74 Å². The summed E-state index contributed by atoms with van der Waals surface area (Å²) in [5.41, 5.74) is 0.174. The molecule has 1 aromatic rings. The number of para-hydroxylation sites is 1. The standard InChI is InChI=1S/C15H23NO2/c1-14(2,15(3,4)17)16-9-11-10-18-13-8-6-5-7-12(11)13/h5-8,11,16-17H,9-10H2,1-4H3. The summed E-state index contributed by atoms with van der Waals surface area (Å²) < 4.78 is 5.66. The topological polar surface area (TPSA) is 41.5 Å². The fourth-order valence-electron chi connectivity index (χ4n) is 1.99. The van der Waals surface area contributed by atoms with E-state index < -0.39 is 5.60 Å². The Labute approximate surface area is 109 Å². The van der Waals surface area contributed by atoms with Crippen LogP contribution in [-0.4, -0.2) is 29.4 Å². The molecule has 0 amide bonds. The number of fused-ring (bicyclic) bond motifs is 1. The molecule has 0 aliphatic carbocycles. The maximum Gasteiger partial charge on any atom is 0.122 e. The zero-order valence-corrected chi connectivity index (χ0v) is 11.7.